The van der Waals surface area contributed by atoms with Crippen molar-refractivity contribution in [3.05, 3.63) is 54.6 Å². The Kier molecular flexibility index (Phi) is 2.87. The highest BCUT2D eigenvalue weighted by molar-refractivity contribution is 5.84. The van der Waals surface area contributed by atoms with Crippen LogP contribution in [0, 0.1) is 0 Å². The van der Waals surface area contributed by atoms with Gasteiger partial charge >= 0.3 is 6.09 Å². The molecule has 0 aliphatic carbocycles. The van der Waals surface area contributed by atoms with Crippen LogP contribution in [0.1, 0.15) is 0 Å². The molecule has 0 aliphatic rings. The number of hydrogen-bond donors (Lipinski definition) is 2. The molecule has 0 saturated heterocycles. The second kappa shape index (κ2) is 4.49. The van der Waals surface area contributed by atoms with Crippen molar-refractivity contribution in [2.24, 2.45) is 0 Å². The molecule has 0 bridgehead atoms. The highest BCUT2D eigenvalue weighted by Crippen LogP contribution is 2.22. The molecule has 0 heterocycles. The van der Waals surface area contributed by atoms with E-state index in [1.54, 1.807) is 6.07 Å². The molecule has 0 aromatic heterocycles. The van der Waals surface area contributed by atoms with Crippen molar-refractivity contribution in [3.8, 4) is 11.1 Å². The number of carbonyl (C=O) groups is 1. The van der Waals surface area contributed by atoms with Gasteiger partial charge in [-0.15, -0.1) is 0 Å². The molecular formula is C13H11NO2. The van der Waals surface area contributed by atoms with Gasteiger partial charge in [-0.2, -0.15) is 0 Å². The van der Waals surface area contributed by atoms with E-state index in [9.17, 15) is 4.79 Å². The van der Waals surface area contributed by atoms with E-state index in [0.29, 0.717) is 5.69 Å². The number of nitrogens with one attached hydrogen (secondary N) is 1. The van der Waals surface area contributed by atoms with Gasteiger partial charge in [0.15, 0.2) is 0 Å². The van der Waals surface area contributed by atoms with E-state index < -0.39 is 6.09 Å². The number of rotatable bonds is 2. The van der Waals surface area contributed by atoms with Gasteiger partial charge in [0.1, 0.15) is 0 Å². The fourth-order valence-corrected chi connectivity index (χ4v) is 1.53. The summed E-state index contributed by atoms with van der Waals surface area (Å²) in [6.45, 7) is 0. The standard InChI is InChI=1S/C13H11NO2/c15-13(16)14-12-8-4-7-11(9-12)10-5-2-1-3-6-10/h1-9,14H,(H,15,16). The second-order valence-electron chi connectivity index (χ2n) is 3.38. The van der Waals surface area contributed by atoms with Gasteiger partial charge in [0.25, 0.3) is 0 Å². The lowest BCUT2D eigenvalue weighted by Gasteiger charge is -2.04. The van der Waals surface area contributed by atoms with E-state index in [1.807, 2.05) is 48.5 Å². The van der Waals surface area contributed by atoms with Crippen molar-refractivity contribution < 1.29 is 9.90 Å². The number of anilines is 1. The molecule has 0 unspecified atom stereocenters. The number of hydrogen-bond acceptors (Lipinski definition) is 1. The zero-order chi connectivity index (χ0) is 11.4. The van der Waals surface area contributed by atoms with Gasteiger partial charge in [0.2, 0.25) is 0 Å². The van der Waals surface area contributed by atoms with Crippen molar-refractivity contribution in [3.63, 3.8) is 0 Å². The molecule has 0 spiro atoms. The molecule has 16 heavy (non-hydrogen) atoms. The smallest absolute Gasteiger partial charge is 0.409 e. The first-order valence-corrected chi connectivity index (χ1v) is 4.91. The summed E-state index contributed by atoms with van der Waals surface area (Å²) in [4.78, 5) is 10.5. The summed E-state index contributed by atoms with van der Waals surface area (Å²) < 4.78 is 0. The van der Waals surface area contributed by atoms with E-state index in [-0.39, 0.29) is 0 Å². The molecule has 1 amide bonds. The van der Waals surface area contributed by atoms with E-state index in [1.165, 1.54) is 0 Å². The van der Waals surface area contributed by atoms with Gasteiger partial charge in [-0.1, -0.05) is 42.5 Å². The van der Waals surface area contributed by atoms with Gasteiger partial charge in [-0.05, 0) is 23.3 Å². The Balaban J connectivity index is 2.33. The minimum atomic E-state index is -1.05. The summed E-state index contributed by atoms with van der Waals surface area (Å²) in [7, 11) is 0. The van der Waals surface area contributed by atoms with Crippen LogP contribution in [0.15, 0.2) is 54.6 Å². The normalized spacial score (nSPS) is 9.75. The number of amides is 1. The zero-order valence-electron chi connectivity index (χ0n) is 8.55. The maximum atomic E-state index is 10.5. The van der Waals surface area contributed by atoms with Crippen LogP contribution in [0.4, 0.5) is 10.5 Å². The fourth-order valence-electron chi connectivity index (χ4n) is 1.53. The molecule has 0 atom stereocenters. The van der Waals surface area contributed by atoms with Crippen molar-refractivity contribution >= 4 is 11.8 Å². The second-order valence-corrected chi connectivity index (χ2v) is 3.38. The molecule has 0 radical (unpaired) electrons. The van der Waals surface area contributed by atoms with Crippen LogP contribution < -0.4 is 5.32 Å². The van der Waals surface area contributed by atoms with E-state index in [2.05, 4.69) is 5.32 Å². The lowest BCUT2D eigenvalue weighted by atomic mass is 10.1. The lowest BCUT2D eigenvalue weighted by molar-refractivity contribution is 0.210. The van der Waals surface area contributed by atoms with Crippen LogP contribution >= 0.6 is 0 Å². The van der Waals surface area contributed by atoms with Crippen LogP contribution in [-0.2, 0) is 0 Å². The van der Waals surface area contributed by atoms with Crippen LogP contribution in [0.25, 0.3) is 11.1 Å². The Hall–Kier alpha value is -2.29. The number of benzene rings is 2. The first kappa shape index (κ1) is 10.2. The van der Waals surface area contributed by atoms with E-state index >= 15 is 0 Å². The maximum absolute atomic E-state index is 10.5. The minimum absolute atomic E-state index is 0.578. The molecule has 3 heteroatoms. The average Bonchev–Trinajstić information content (AvgIpc) is 2.30. The van der Waals surface area contributed by atoms with E-state index in [0.717, 1.165) is 11.1 Å². The Bertz CT molecular complexity index is 494. The van der Waals surface area contributed by atoms with Gasteiger partial charge in [0, 0.05) is 5.69 Å². The third-order valence-electron chi connectivity index (χ3n) is 2.22. The largest absolute Gasteiger partial charge is 0.465 e. The molecule has 2 N–H and O–H groups in total. The molecule has 0 aliphatic heterocycles. The summed E-state index contributed by atoms with van der Waals surface area (Å²) >= 11 is 0. The monoisotopic (exact) mass is 213 g/mol. The number of carboxylic acid groups (broad SMARTS) is 1. The SMILES string of the molecule is O=C(O)Nc1cccc(-c2ccccc2)c1. The first-order chi connectivity index (χ1) is 7.75. The van der Waals surface area contributed by atoms with Crippen LogP contribution in [-0.4, -0.2) is 11.2 Å². The predicted octanol–water partition coefficient (Wildman–Crippen LogP) is 3.44. The summed E-state index contributed by atoms with van der Waals surface area (Å²) in [5, 5.41) is 10.9. The fraction of sp³-hybridized carbons (Fsp3) is 0. The summed E-state index contributed by atoms with van der Waals surface area (Å²) in [6.07, 6.45) is -1.05. The molecule has 2 rings (SSSR count). The van der Waals surface area contributed by atoms with E-state index in [4.69, 9.17) is 5.11 Å². The Morgan fingerprint density at radius 2 is 1.62 bits per heavy atom. The summed E-state index contributed by atoms with van der Waals surface area (Å²) in [5.74, 6) is 0. The summed E-state index contributed by atoms with van der Waals surface area (Å²) in [6, 6.07) is 17.1. The Labute approximate surface area is 93.4 Å². The van der Waals surface area contributed by atoms with Crippen LogP contribution in [0.3, 0.4) is 0 Å². The van der Waals surface area contributed by atoms with Gasteiger partial charge < -0.3 is 5.11 Å². The molecule has 3 nitrogen and oxygen atoms in total. The highest BCUT2D eigenvalue weighted by Gasteiger charge is 2.00. The molecule has 0 fully saturated rings. The predicted molar refractivity (Wildman–Crippen MR) is 63.5 cm³/mol. The van der Waals surface area contributed by atoms with Crippen molar-refractivity contribution in [1.82, 2.24) is 0 Å². The molecule has 80 valence electrons. The lowest BCUT2D eigenvalue weighted by Crippen LogP contribution is -2.06. The van der Waals surface area contributed by atoms with Crippen molar-refractivity contribution in [2.75, 3.05) is 5.32 Å². The molecule has 2 aromatic rings. The zero-order valence-corrected chi connectivity index (χ0v) is 8.55. The topological polar surface area (TPSA) is 49.3 Å². The van der Waals surface area contributed by atoms with Gasteiger partial charge in [0.05, 0.1) is 0 Å². The summed E-state index contributed by atoms with van der Waals surface area (Å²) in [5.41, 5.74) is 2.64. The quantitative estimate of drug-likeness (QED) is 0.802. The molecular weight excluding hydrogens is 202 g/mol. The molecule has 2 aromatic carbocycles. The van der Waals surface area contributed by atoms with Gasteiger partial charge in [-0.25, -0.2) is 4.79 Å². The third-order valence-corrected chi connectivity index (χ3v) is 2.22. The van der Waals surface area contributed by atoms with Crippen LogP contribution in [0.2, 0.25) is 0 Å². The third kappa shape index (κ3) is 2.39. The average molecular weight is 213 g/mol. The van der Waals surface area contributed by atoms with Gasteiger partial charge in [-0.3, -0.25) is 5.32 Å². The Morgan fingerprint density at radius 1 is 0.938 bits per heavy atom. The highest BCUT2D eigenvalue weighted by atomic mass is 16.4. The maximum Gasteiger partial charge on any atom is 0.409 e. The molecule has 0 saturated carbocycles. The Morgan fingerprint density at radius 3 is 2.31 bits per heavy atom. The van der Waals surface area contributed by atoms with Crippen LogP contribution in [0.5, 0.6) is 0 Å². The van der Waals surface area contributed by atoms with Crippen molar-refractivity contribution in [2.45, 2.75) is 0 Å². The van der Waals surface area contributed by atoms with Crippen molar-refractivity contribution in [1.29, 1.82) is 0 Å². The first-order valence-electron chi connectivity index (χ1n) is 4.91. The minimum Gasteiger partial charge on any atom is -0.465 e.